The fourth-order valence-electron chi connectivity index (χ4n) is 2.69. The van der Waals surface area contributed by atoms with Gasteiger partial charge >= 0.3 is 0 Å². The smallest absolute Gasteiger partial charge is 0.104 e. The van der Waals surface area contributed by atoms with Crippen molar-refractivity contribution >= 4 is 25.6 Å². The van der Waals surface area contributed by atoms with Crippen LogP contribution in [0.1, 0.15) is 69.1 Å². The lowest BCUT2D eigenvalue weighted by Gasteiger charge is -2.40. The van der Waals surface area contributed by atoms with E-state index in [1.807, 2.05) is 13.8 Å². The number of nitrogens with two attached hydrogens (primary N) is 1. The number of nitrogens with zero attached hydrogens (tertiary/aromatic N) is 1. The van der Waals surface area contributed by atoms with Gasteiger partial charge in [0.2, 0.25) is 0 Å². The Morgan fingerprint density at radius 2 is 2.05 bits per heavy atom. The molecule has 0 saturated carbocycles. The quantitative estimate of drug-likeness (QED) is 0.753. The van der Waals surface area contributed by atoms with Crippen LogP contribution in [0.4, 0.5) is 5.00 Å². The Bertz CT molecular complexity index is 487. The summed E-state index contributed by atoms with van der Waals surface area (Å²) in [6.07, 6.45) is 2.30. The molecule has 2 N–H and O–H groups in total. The Balaban J connectivity index is 0.000000861. The summed E-state index contributed by atoms with van der Waals surface area (Å²) in [5, 5.41) is 10.0. The lowest BCUT2D eigenvalue weighted by Crippen LogP contribution is -2.33. The van der Waals surface area contributed by atoms with Crippen LogP contribution >= 0.6 is 20.6 Å². The Morgan fingerprint density at radius 1 is 1.47 bits per heavy atom. The van der Waals surface area contributed by atoms with Crippen molar-refractivity contribution in [2.75, 3.05) is 5.73 Å². The topological polar surface area (TPSA) is 49.8 Å². The van der Waals surface area contributed by atoms with Gasteiger partial charge in [-0.05, 0) is 29.7 Å². The maximum Gasteiger partial charge on any atom is 0.104 e. The molecule has 2 nitrogen and oxygen atoms in total. The normalized spacial score (nSPS) is 25.3. The summed E-state index contributed by atoms with van der Waals surface area (Å²) in [7, 11) is 2.90. The molecule has 1 aliphatic rings. The molecule has 0 aliphatic heterocycles. The highest BCUT2D eigenvalue weighted by Gasteiger charge is 2.41. The van der Waals surface area contributed by atoms with Crippen molar-refractivity contribution in [3.05, 3.63) is 16.0 Å². The van der Waals surface area contributed by atoms with Crippen molar-refractivity contribution in [2.45, 2.75) is 58.5 Å². The number of hydrogen-bond acceptors (Lipinski definition) is 3. The van der Waals surface area contributed by atoms with E-state index in [0.29, 0.717) is 16.6 Å². The summed E-state index contributed by atoms with van der Waals surface area (Å²) >= 11 is 1.60. The van der Waals surface area contributed by atoms with E-state index in [4.69, 9.17) is 5.73 Å². The minimum Gasteiger partial charge on any atom is -0.389 e. The second-order valence-corrected chi connectivity index (χ2v) is 7.30. The third-order valence-electron chi connectivity index (χ3n) is 4.23. The van der Waals surface area contributed by atoms with E-state index in [9.17, 15) is 5.26 Å². The third-order valence-corrected chi connectivity index (χ3v) is 6.29. The highest BCUT2D eigenvalue weighted by atomic mass is 32.1. The Morgan fingerprint density at radius 3 is 2.53 bits per heavy atom. The summed E-state index contributed by atoms with van der Waals surface area (Å²) in [5.41, 5.74) is 8.52. The molecular weight excluding hydrogens is 271 g/mol. The number of nitriles is 1. The maximum atomic E-state index is 9.33. The van der Waals surface area contributed by atoms with Crippen LogP contribution in [0.3, 0.4) is 0 Å². The van der Waals surface area contributed by atoms with E-state index >= 15 is 0 Å². The third kappa shape index (κ3) is 2.67. The molecule has 0 amide bonds. The van der Waals surface area contributed by atoms with Crippen LogP contribution in [0.2, 0.25) is 0 Å². The van der Waals surface area contributed by atoms with Gasteiger partial charge < -0.3 is 5.73 Å². The van der Waals surface area contributed by atoms with Gasteiger partial charge in [-0.15, -0.1) is 20.6 Å². The first kappa shape index (κ1) is 16.5. The molecule has 0 bridgehead atoms. The van der Waals surface area contributed by atoms with Gasteiger partial charge in [-0.25, -0.2) is 0 Å². The number of fused-ring (bicyclic) bond motifs is 1. The molecule has 1 aromatic rings. The average molecular weight is 296 g/mol. The van der Waals surface area contributed by atoms with Crippen molar-refractivity contribution in [1.29, 1.82) is 5.26 Å². The molecule has 0 aromatic carbocycles. The zero-order valence-corrected chi connectivity index (χ0v) is 14.6. The SMILES string of the molecule is CC.CC(C)C1(C)CCC(P)c2sc(N)c(C#N)c21. The van der Waals surface area contributed by atoms with Crippen LogP contribution in [0.25, 0.3) is 0 Å². The van der Waals surface area contributed by atoms with Gasteiger partial charge in [0.25, 0.3) is 0 Å². The zero-order chi connectivity index (χ0) is 14.8. The lowest BCUT2D eigenvalue weighted by molar-refractivity contribution is 0.290. The first-order valence-electron chi connectivity index (χ1n) is 7.00. The maximum absolute atomic E-state index is 9.33. The van der Waals surface area contributed by atoms with E-state index in [0.717, 1.165) is 18.4 Å². The largest absolute Gasteiger partial charge is 0.389 e. The van der Waals surface area contributed by atoms with Crippen molar-refractivity contribution in [2.24, 2.45) is 5.92 Å². The van der Waals surface area contributed by atoms with E-state index in [1.165, 1.54) is 10.4 Å². The Kier molecular flexibility index (Phi) is 5.42. The number of rotatable bonds is 1. The second-order valence-electron chi connectivity index (χ2n) is 5.41. The Labute approximate surface area is 123 Å². The molecule has 0 fully saturated rings. The summed E-state index contributed by atoms with van der Waals surface area (Å²) in [6, 6.07) is 2.31. The van der Waals surface area contributed by atoms with Crippen LogP contribution in [0.5, 0.6) is 0 Å². The summed E-state index contributed by atoms with van der Waals surface area (Å²) in [6.45, 7) is 10.8. The summed E-state index contributed by atoms with van der Waals surface area (Å²) < 4.78 is 0. The number of nitrogen functional groups attached to an aromatic ring is 1. The van der Waals surface area contributed by atoms with Gasteiger partial charge in [0.15, 0.2) is 0 Å². The highest BCUT2D eigenvalue weighted by molar-refractivity contribution is 7.22. The average Bonchev–Trinajstić information content (AvgIpc) is 2.74. The predicted molar refractivity (Wildman–Crippen MR) is 88.7 cm³/mol. The van der Waals surface area contributed by atoms with E-state index in [-0.39, 0.29) is 5.41 Å². The molecule has 3 atom stereocenters. The lowest BCUT2D eigenvalue weighted by atomic mass is 9.66. The van der Waals surface area contributed by atoms with E-state index < -0.39 is 0 Å². The van der Waals surface area contributed by atoms with Crippen molar-refractivity contribution in [3.8, 4) is 6.07 Å². The zero-order valence-electron chi connectivity index (χ0n) is 12.6. The fraction of sp³-hybridized carbons (Fsp3) is 0.667. The molecule has 1 aliphatic carbocycles. The molecule has 0 saturated heterocycles. The molecule has 2 rings (SSSR count). The van der Waals surface area contributed by atoms with Crippen LogP contribution in [0, 0.1) is 17.2 Å². The minimum atomic E-state index is 0.0988. The molecule has 3 unspecified atom stereocenters. The molecular formula is C15H25N2PS. The molecule has 19 heavy (non-hydrogen) atoms. The van der Waals surface area contributed by atoms with Gasteiger partial charge in [0.1, 0.15) is 11.1 Å². The minimum absolute atomic E-state index is 0.0988. The van der Waals surface area contributed by atoms with Crippen LogP contribution in [-0.4, -0.2) is 0 Å². The van der Waals surface area contributed by atoms with Crippen molar-refractivity contribution in [3.63, 3.8) is 0 Å². The van der Waals surface area contributed by atoms with Gasteiger partial charge in [-0.2, -0.15) is 5.26 Å². The van der Waals surface area contributed by atoms with Gasteiger partial charge in [0.05, 0.1) is 5.56 Å². The van der Waals surface area contributed by atoms with E-state index in [1.54, 1.807) is 11.3 Å². The predicted octanol–water partition coefficient (Wildman–Crippen LogP) is 4.85. The number of hydrogen-bond donors (Lipinski definition) is 1. The van der Waals surface area contributed by atoms with Crippen molar-refractivity contribution < 1.29 is 0 Å². The van der Waals surface area contributed by atoms with Crippen molar-refractivity contribution in [1.82, 2.24) is 0 Å². The second kappa shape index (κ2) is 6.25. The monoisotopic (exact) mass is 296 g/mol. The van der Waals surface area contributed by atoms with Crippen LogP contribution < -0.4 is 5.73 Å². The van der Waals surface area contributed by atoms with Gasteiger partial charge in [0, 0.05) is 10.5 Å². The molecule has 1 aromatic heterocycles. The standard InChI is InChI=1S/C13H19N2PS.C2H6/c1-7(2)13(3)5-4-9(16)11-10(13)8(6-14)12(15)17-11;1-2/h7,9H,4-5,15-16H2,1-3H3;1-2H3. The highest BCUT2D eigenvalue weighted by Crippen LogP contribution is 2.54. The van der Waals surface area contributed by atoms with Crippen LogP contribution in [0.15, 0.2) is 0 Å². The molecule has 4 heteroatoms. The number of anilines is 1. The molecule has 0 radical (unpaired) electrons. The molecule has 1 heterocycles. The van der Waals surface area contributed by atoms with E-state index in [2.05, 4.69) is 36.1 Å². The first-order chi connectivity index (χ1) is 8.91. The van der Waals surface area contributed by atoms with Gasteiger partial charge in [-0.1, -0.05) is 34.6 Å². The fourth-order valence-corrected chi connectivity index (χ4v) is 4.43. The Hall–Kier alpha value is -0.580. The summed E-state index contributed by atoms with van der Waals surface area (Å²) in [4.78, 5) is 1.31. The number of thiophene rings is 1. The first-order valence-corrected chi connectivity index (χ1v) is 8.48. The van der Waals surface area contributed by atoms with Gasteiger partial charge in [-0.3, -0.25) is 0 Å². The summed E-state index contributed by atoms with van der Waals surface area (Å²) in [5.74, 6) is 0.528. The molecule has 106 valence electrons. The van der Waals surface area contributed by atoms with Crippen LogP contribution in [-0.2, 0) is 5.41 Å². The molecule has 0 spiro atoms.